The van der Waals surface area contributed by atoms with Crippen LogP contribution in [0, 0.1) is 0 Å². The largest absolute Gasteiger partial charge is 0.508 e. The molecule has 26 heavy (non-hydrogen) atoms. The van der Waals surface area contributed by atoms with Gasteiger partial charge in [0.1, 0.15) is 11.7 Å². The molecule has 5 heteroatoms. The van der Waals surface area contributed by atoms with Crippen LogP contribution in [0.5, 0.6) is 5.75 Å². The lowest BCUT2D eigenvalue weighted by molar-refractivity contribution is -0.148. The highest BCUT2D eigenvalue weighted by Gasteiger charge is 2.28. The van der Waals surface area contributed by atoms with Crippen LogP contribution < -0.4 is 0 Å². The molecule has 1 N–H and O–H groups in total. The summed E-state index contributed by atoms with van der Waals surface area (Å²) in [7, 11) is 1.35. The van der Waals surface area contributed by atoms with Gasteiger partial charge in [0.15, 0.2) is 0 Å². The highest BCUT2D eigenvalue weighted by Crippen LogP contribution is 2.33. The smallest absolute Gasteiger partial charge is 0.318 e. The molecular formula is C21H24O5. The molecule has 0 saturated carbocycles. The summed E-state index contributed by atoms with van der Waals surface area (Å²) in [4.78, 5) is 24.1. The zero-order chi connectivity index (χ0) is 19.1. The Bertz CT molecular complexity index is 752. The van der Waals surface area contributed by atoms with Gasteiger partial charge in [-0.15, -0.1) is 0 Å². The number of hydrogen-bond acceptors (Lipinski definition) is 5. The number of hydrogen-bond donors (Lipinski definition) is 1. The lowest BCUT2D eigenvalue weighted by Crippen LogP contribution is -2.21. The molecule has 2 rings (SSSR count). The van der Waals surface area contributed by atoms with Crippen LogP contribution in [0.1, 0.15) is 42.9 Å². The van der Waals surface area contributed by atoms with E-state index in [4.69, 9.17) is 4.74 Å². The Morgan fingerprint density at radius 2 is 1.77 bits per heavy atom. The number of carbonyl (C=O) groups is 2. The highest BCUT2D eigenvalue weighted by atomic mass is 16.5. The normalized spacial score (nSPS) is 11.8. The molecule has 0 aromatic heterocycles. The highest BCUT2D eigenvalue weighted by molar-refractivity contribution is 5.83. The maximum Gasteiger partial charge on any atom is 0.318 e. The van der Waals surface area contributed by atoms with Gasteiger partial charge in [0.2, 0.25) is 0 Å². The number of rotatable bonds is 7. The SMILES string of the molecule is COC(=O)CCc1ccc(O)c(C(C(=O)OC(C)C)c2ccccc2)c1. The lowest BCUT2D eigenvalue weighted by atomic mass is 9.89. The molecule has 138 valence electrons. The van der Waals surface area contributed by atoms with Crippen LogP contribution >= 0.6 is 0 Å². The molecule has 1 atom stereocenters. The number of benzene rings is 2. The predicted molar refractivity (Wildman–Crippen MR) is 98.0 cm³/mol. The molecule has 0 bridgehead atoms. The van der Waals surface area contributed by atoms with E-state index in [1.54, 1.807) is 32.0 Å². The van der Waals surface area contributed by atoms with Crippen LogP contribution in [0.2, 0.25) is 0 Å². The molecule has 0 aliphatic rings. The molecule has 0 radical (unpaired) electrons. The van der Waals surface area contributed by atoms with Crippen LogP contribution in [0.4, 0.5) is 0 Å². The number of methoxy groups -OCH3 is 1. The third-order valence-electron chi connectivity index (χ3n) is 3.97. The van der Waals surface area contributed by atoms with Gasteiger partial charge >= 0.3 is 11.9 Å². The van der Waals surface area contributed by atoms with E-state index < -0.39 is 11.9 Å². The van der Waals surface area contributed by atoms with Crippen molar-refractivity contribution in [3.8, 4) is 5.75 Å². The van der Waals surface area contributed by atoms with Crippen molar-refractivity contribution in [3.05, 3.63) is 65.2 Å². The van der Waals surface area contributed by atoms with Crippen molar-refractivity contribution in [3.63, 3.8) is 0 Å². The summed E-state index contributed by atoms with van der Waals surface area (Å²) in [5, 5.41) is 10.4. The zero-order valence-corrected chi connectivity index (χ0v) is 15.3. The summed E-state index contributed by atoms with van der Waals surface area (Å²) in [6, 6.07) is 14.2. The van der Waals surface area contributed by atoms with Crippen LogP contribution in [-0.2, 0) is 25.5 Å². The number of ether oxygens (including phenoxy) is 2. The molecule has 0 amide bonds. The summed E-state index contributed by atoms with van der Waals surface area (Å²) >= 11 is 0. The number of aromatic hydroxyl groups is 1. The minimum Gasteiger partial charge on any atom is -0.508 e. The summed E-state index contributed by atoms with van der Waals surface area (Å²) in [5.74, 6) is -1.46. The van der Waals surface area contributed by atoms with Crippen LogP contribution in [0.25, 0.3) is 0 Å². The van der Waals surface area contributed by atoms with Gasteiger partial charge in [-0.05, 0) is 37.5 Å². The molecule has 0 aliphatic heterocycles. The average Bonchev–Trinajstić information content (AvgIpc) is 2.62. The molecule has 0 fully saturated rings. The quantitative estimate of drug-likeness (QED) is 0.768. The first kappa shape index (κ1) is 19.5. The first-order valence-electron chi connectivity index (χ1n) is 8.56. The summed E-state index contributed by atoms with van der Waals surface area (Å²) in [5.41, 5.74) is 2.03. The predicted octanol–water partition coefficient (Wildman–Crippen LogP) is 3.58. The van der Waals surface area contributed by atoms with E-state index in [1.807, 2.05) is 30.3 Å². The number of phenolic OH excluding ortho intramolecular Hbond substituents is 1. The molecule has 0 spiro atoms. The molecule has 0 saturated heterocycles. The lowest BCUT2D eigenvalue weighted by Gasteiger charge is -2.20. The third-order valence-corrected chi connectivity index (χ3v) is 3.97. The Labute approximate surface area is 153 Å². The first-order chi connectivity index (χ1) is 12.4. The van der Waals surface area contributed by atoms with Gasteiger partial charge in [-0.25, -0.2) is 0 Å². The number of carbonyl (C=O) groups excluding carboxylic acids is 2. The monoisotopic (exact) mass is 356 g/mol. The third kappa shape index (κ3) is 5.09. The second-order valence-corrected chi connectivity index (χ2v) is 6.30. The van der Waals surface area contributed by atoms with E-state index in [2.05, 4.69) is 4.74 Å². The topological polar surface area (TPSA) is 72.8 Å². The Kier molecular flexibility index (Phi) is 6.78. The average molecular weight is 356 g/mol. The molecule has 0 heterocycles. The maximum absolute atomic E-state index is 12.7. The summed E-state index contributed by atoms with van der Waals surface area (Å²) in [6.45, 7) is 3.57. The molecule has 1 unspecified atom stereocenters. The summed E-state index contributed by atoms with van der Waals surface area (Å²) in [6.07, 6.45) is 0.423. The number of aryl methyl sites for hydroxylation is 1. The van der Waals surface area contributed by atoms with Gasteiger partial charge in [0, 0.05) is 12.0 Å². The Balaban J connectivity index is 2.40. The van der Waals surface area contributed by atoms with E-state index in [0.717, 1.165) is 11.1 Å². The van der Waals surface area contributed by atoms with Crippen molar-refractivity contribution in [2.24, 2.45) is 0 Å². The van der Waals surface area contributed by atoms with Crippen molar-refractivity contribution in [1.82, 2.24) is 0 Å². The van der Waals surface area contributed by atoms with Crippen molar-refractivity contribution in [1.29, 1.82) is 0 Å². The minimum absolute atomic E-state index is 0.0152. The van der Waals surface area contributed by atoms with E-state index in [9.17, 15) is 14.7 Å². The molecule has 2 aromatic rings. The van der Waals surface area contributed by atoms with E-state index >= 15 is 0 Å². The Morgan fingerprint density at radius 1 is 1.08 bits per heavy atom. The minimum atomic E-state index is -0.739. The van der Waals surface area contributed by atoms with Gasteiger partial charge in [-0.3, -0.25) is 9.59 Å². The second kappa shape index (κ2) is 9.04. The molecule has 5 nitrogen and oxygen atoms in total. The van der Waals surface area contributed by atoms with Crippen molar-refractivity contribution < 1.29 is 24.2 Å². The van der Waals surface area contributed by atoms with Crippen LogP contribution in [0.3, 0.4) is 0 Å². The maximum atomic E-state index is 12.7. The second-order valence-electron chi connectivity index (χ2n) is 6.30. The first-order valence-corrected chi connectivity index (χ1v) is 8.56. The number of esters is 2. The molecular weight excluding hydrogens is 332 g/mol. The standard InChI is InChI=1S/C21H24O5/c1-14(2)26-21(24)20(16-7-5-4-6-8-16)17-13-15(9-11-18(17)22)10-12-19(23)25-3/h4-9,11,13-14,20,22H,10,12H2,1-3H3. The van der Waals surface area contributed by atoms with Gasteiger partial charge in [-0.1, -0.05) is 42.5 Å². The van der Waals surface area contributed by atoms with Gasteiger partial charge in [0.25, 0.3) is 0 Å². The zero-order valence-electron chi connectivity index (χ0n) is 15.3. The Morgan fingerprint density at radius 3 is 2.38 bits per heavy atom. The molecule has 0 aliphatic carbocycles. The fourth-order valence-electron chi connectivity index (χ4n) is 2.73. The van der Waals surface area contributed by atoms with Gasteiger partial charge in [0.05, 0.1) is 13.2 Å². The van der Waals surface area contributed by atoms with Crippen molar-refractivity contribution >= 4 is 11.9 Å². The van der Waals surface area contributed by atoms with Gasteiger partial charge < -0.3 is 14.6 Å². The van der Waals surface area contributed by atoms with Gasteiger partial charge in [-0.2, -0.15) is 0 Å². The van der Waals surface area contributed by atoms with E-state index in [-0.39, 0.29) is 24.2 Å². The van der Waals surface area contributed by atoms with Crippen molar-refractivity contribution in [2.45, 2.75) is 38.7 Å². The fourth-order valence-corrected chi connectivity index (χ4v) is 2.73. The summed E-state index contributed by atoms with van der Waals surface area (Å²) < 4.78 is 10.1. The van der Waals surface area contributed by atoms with Crippen LogP contribution in [0.15, 0.2) is 48.5 Å². The molecule has 2 aromatic carbocycles. The fraction of sp³-hybridized carbons (Fsp3) is 0.333. The Hall–Kier alpha value is -2.82. The van der Waals surface area contributed by atoms with E-state index in [1.165, 1.54) is 7.11 Å². The number of phenols is 1. The van der Waals surface area contributed by atoms with Crippen molar-refractivity contribution in [2.75, 3.05) is 7.11 Å². The van der Waals surface area contributed by atoms with Crippen LogP contribution in [-0.4, -0.2) is 30.3 Å². The van der Waals surface area contributed by atoms with E-state index in [0.29, 0.717) is 12.0 Å².